The molecule has 1 heterocycles. The van der Waals surface area contributed by atoms with Crippen LogP contribution in [-0.4, -0.2) is 29.3 Å². The van der Waals surface area contributed by atoms with Crippen LogP contribution >= 0.6 is 0 Å². The highest BCUT2D eigenvalue weighted by molar-refractivity contribution is 5.28. The maximum absolute atomic E-state index is 5.38. The molecule has 2 saturated carbocycles. The number of aromatic nitrogens is 2. The molecule has 4 heteroatoms. The summed E-state index contributed by atoms with van der Waals surface area (Å²) in [6.45, 7) is 7.86. The minimum atomic E-state index is 0.804. The van der Waals surface area contributed by atoms with Crippen molar-refractivity contribution in [3.05, 3.63) is 11.9 Å². The minimum absolute atomic E-state index is 0.804. The molecule has 0 bridgehead atoms. The van der Waals surface area contributed by atoms with E-state index < -0.39 is 0 Å². The van der Waals surface area contributed by atoms with Gasteiger partial charge in [-0.2, -0.15) is 0 Å². The van der Waals surface area contributed by atoms with Gasteiger partial charge in [0, 0.05) is 32.5 Å². The second kappa shape index (κ2) is 6.82. The zero-order valence-electron chi connectivity index (χ0n) is 13.5. The van der Waals surface area contributed by atoms with E-state index in [1.165, 1.54) is 25.7 Å². The van der Waals surface area contributed by atoms with E-state index in [4.69, 9.17) is 4.74 Å². The van der Waals surface area contributed by atoms with Crippen LogP contribution in [0.3, 0.4) is 0 Å². The molecule has 0 unspecified atom stereocenters. The van der Waals surface area contributed by atoms with Gasteiger partial charge in [-0.25, -0.2) is 4.98 Å². The van der Waals surface area contributed by atoms with Crippen LogP contribution in [0.15, 0.2) is 6.20 Å². The number of nitrogens with one attached hydrogen (secondary N) is 1. The first-order chi connectivity index (χ1) is 10.3. The Kier molecular flexibility index (Phi) is 4.84. The number of anilines is 1. The quantitative estimate of drug-likeness (QED) is 0.671. The van der Waals surface area contributed by atoms with Gasteiger partial charge >= 0.3 is 0 Å². The highest BCUT2D eigenvalue weighted by Crippen LogP contribution is 2.50. The number of rotatable bonds is 10. The van der Waals surface area contributed by atoms with E-state index in [-0.39, 0.29) is 0 Å². The predicted octanol–water partition coefficient (Wildman–Crippen LogP) is 3.47. The second-order valence-corrected chi connectivity index (χ2v) is 6.67. The van der Waals surface area contributed by atoms with Gasteiger partial charge in [0.2, 0.25) is 5.95 Å². The molecule has 2 aliphatic rings. The van der Waals surface area contributed by atoms with Crippen LogP contribution in [0.25, 0.3) is 0 Å². The van der Waals surface area contributed by atoms with Crippen LogP contribution in [0.4, 0.5) is 5.95 Å². The van der Waals surface area contributed by atoms with Crippen molar-refractivity contribution in [3.8, 4) is 0 Å². The molecule has 1 aromatic heterocycles. The molecule has 0 aromatic carbocycles. The van der Waals surface area contributed by atoms with E-state index in [0.717, 1.165) is 62.1 Å². The predicted molar refractivity (Wildman–Crippen MR) is 85.5 cm³/mol. The Hall–Kier alpha value is -1.03. The molecule has 2 fully saturated rings. The highest BCUT2D eigenvalue weighted by atomic mass is 16.5. The molecule has 0 aliphatic heterocycles. The van der Waals surface area contributed by atoms with Crippen LogP contribution in [0.2, 0.25) is 0 Å². The van der Waals surface area contributed by atoms with Crippen molar-refractivity contribution >= 4 is 5.95 Å². The van der Waals surface area contributed by atoms with Crippen molar-refractivity contribution in [3.63, 3.8) is 0 Å². The molecule has 2 aliphatic carbocycles. The standard InChI is InChI=1S/C17H29N3O/c1-3-21-10-4-9-18-17-19-13(2)11-20(17)12-16(14-5-6-14)15-7-8-15/h11,14-16H,3-10,12H2,1-2H3,(H,18,19). The Morgan fingerprint density at radius 2 is 2.05 bits per heavy atom. The van der Waals surface area contributed by atoms with Crippen molar-refractivity contribution in [1.82, 2.24) is 9.55 Å². The largest absolute Gasteiger partial charge is 0.382 e. The zero-order valence-corrected chi connectivity index (χ0v) is 13.5. The molecule has 0 amide bonds. The number of hydrogen-bond acceptors (Lipinski definition) is 3. The third-order valence-corrected chi connectivity index (χ3v) is 4.71. The van der Waals surface area contributed by atoms with Crippen molar-refractivity contribution in [2.24, 2.45) is 17.8 Å². The zero-order chi connectivity index (χ0) is 14.7. The summed E-state index contributed by atoms with van der Waals surface area (Å²) in [5.41, 5.74) is 1.12. The summed E-state index contributed by atoms with van der Waals surface area (Å²) in [4.78, 5) is 4.65. The molecular weight excluding hydrogens is 262 g/mol. The SMILES string of the molecule is CCOCCCNc1nc(C)cn1CC(C1CC1)C1CC1. The van der Waals surface area contributed by atoms with E-state index in [9.17, 15) is 0 Å². The van der Waals surface area contributed by atoms with Gasteiger partial charge in [-0.15, -0.1) is 0 Å². The lowest BCUT2D eigenvalue weighted by molar-refractivity contribution is 0.147. The number of nitrogens with zero attached hydrogens (tertiary/aromatic N) is 2. The summed E-state index contributed by atoms with van der Waals surface area (Å²) in [5.74, 6) is 3.93. The van der Waals surface area contributed by atoms with Crippen LogP contribution in [0.5, 0.6) is 0 Å². The van der Waals surface area contributed by atoms with E-state index in [1.54, 1.807) is 0 Å². The first-order valence-corrected chi connectivity index (χ1v) is 8.63. The van der Waals surface area contributed by atoms with E-state index >= 15 is 0 Å². The summed E-state index contributed by atoms with van der Waals surface area (Å²) >= 11 is 0. The third-order valence-electron chi connectivity index (χ3n) is 4.71. The Balaban J connectivity index is 1.54. The van der Waals surface area contributed by atoms with Gasteiger partial charge in [-0.3, -0.25) is 0 Å². The first kappa shape index (κ1) is 14.9. The molecule has 0 atom stereocenters. The molecule has 0 saturated heterocycles. The lowest BCUT2D eigenvalue weighted by atomic mass is 9.98. The van der Waals surface area contributed by atoms with Gasteiger partial charge in [0.1, 0.15) is 0 Å². The van der Waals surface area contributed by atoms with E-state index in [1.807, 2.05) is 6.92 Å². The fourth-order valence-corrected chi connectivity index (χ4v) is 3.30. The van der Waals surface area contributed by atoms with Gasteiger partial charge < -0.3 is 14.6 Å². The third kappa shape index (κ3) is 4.22. The molecule has 118 valence electrons. The van der Waals surface area contributed by atoms with Crippen LogP contribution in [-0.2, 0) is 11.3 Å². The first-order valence-electron chi connectivity index (χ1n) is 8.63. The average Bonchev–Trinajstić information content (AvgIpc) is 3.35. The molecule has 0 spiro atoms. The van der Waals surface area contributed by atoms with Crippen molar-refractivity contribution in [2.45, 2.75) is 52.5 Å². The summed E-state index contributed by atoms with van der Waals surface area (Å²) in [6.07, 6.45) is 9.05. The van der Waals surface area contributed by atoms with Crippen LogP contribution < -0.4 is 5.32 Å². The second-order valence-electron chi connectivity index (χ2n) is 6.67. The Bertz CT molecular complexity index is 437. The van der Waals surface area contributed by atoms with Crippen molar-refractivity contribution < 1.29 is 4.74 Å². The highest BCUT2D eigenvalue weighted by Gasteiger charge is 2.41. The van der Waals surface area contributed by atoms with Gasteiger partial charge in [0.25, 0.3) is 0 Å². The molecule has 21 heavy (non-hydrogen) atoms. The Labute approximate surface area is 128 Å². The summed E-state index contributed by atoms with van der Waals surface area (Å²) in [5, 5.41) is 3.49. The van der Waals surface area contributed by atoms with Crippen LogP contribution in [0, 0.1) is 24.7 Å². The molecule has 1 aromatic rings. The van der Waals surface area contributed by atoms with E-state index in [2.05, 4.69) is 28.0 Å². The van der Waals surface area contributed by atoms with E-state index in [0.29, 0.717) is 0 Å². The molecule has 1 N–H and O–H groups in total. The number of hydrogen-bond donors (Lipinski definition) is 1. The van der Waals surface area contributed by atoms with Crippen LogP contribution in [0.1, 0.15) is 44.7 Å². The average molecular weight is 291 g/mol. The molecule has 3 rings (SSSR count). The molecule has 4 nitrogen and oxygen atoms in total. The minimum Gasteiger partial charge on any atom is -0.382 e. The van der Waals surface area contributed by atoms with Gasteiger partial charge in [0.15, 0.2) is 0 Å². The Morgan fingerprint density at radius 1 is 1.33 bits per heavy atom. The molecular formula is C17H29N3O. The van der Waals surface area contributed by atoms with Gasteiger partial charge in [0.05, 0.1) is 5.69 Å². The van der Waals surface area contributed by atoms with Gasteiger partial charge in [-0.05, 0) is 63.7 Å². The summed E-state index contributed by atoms with van der Waals surface area (Å²) in [7, 11) is 0. The normalized spacial score (nSPS) is 18.4. The smallest absolute Gasteiger partial charge is 0.203 e. The Morgan fingerprint density at radius 3 is 2.67 bits per heavy atom. The topological polar surface area (TPSA) is 39.1 Å². The fourth-order valence-electron chi connectivity index (χ4n) is 3.30. The maximum atomic E-state index is 5.38. The fraction of sp³-hybridized carbons (Fsp3) is 0.824. The molecule has 0 radical (unpaired) electrons. The number of aryl methyl sites for hydroxylation is 1. The summed E-state index contributed by atoms with van der Waals surface area (Å²) < 4.78 is 7.74. The van der Waals surface area contributed by atoms with Crippen molar-refractivity contribution in [2.75, 3.05) is 25.1 Å². The maximum Gasteiger partial charge on any atom is 0.203 e. The lowest BCUT2D eigenvalue weighted by Crippen LogP contribution is -2.17. The lowest BCUT2D eigenvalue weighted by Gasteiger charge is -2.18. The van der Waals surface area contributed by atoms with Crippen molar-refractivity contribution in [1.29, 1.82) is 0 Å². The number of ether oxygens (including phenoxy) is 1. The summed E-state index contributed by atoms with van der Waals surface area (Å²) in [6, 6.07) is 0. The van der Waals surface area contributed by atoms with Gasteiger partial charge in [-0.1, -0.05) is 0 Å². The number of imidazole rings is 1. The monoisotopic (exact) mass is 291 g/mol.